The molecule has 33 heavy (non-hydrogen) atoms. The van der Waals surface area contributed by atoms with Crippen molar-refractivity contribution >= 4 is 44.2 Å². The number of hydrogen-bond donors (Lipinski definition) is 1. The molecule has 1 aliphatic rings. The molecule has 0 fully saturated rings. The van der Waals surface area contributed by atoms with Crippen molar-refractivity contribution in [2.45, 2.75) is 11.3 Å². The number of carbonyl (C=O) groups excluding carboxylic acids is 3. The molecule has 3 aromatic rings. The number of anilines is 1. The van der Waals surface area contributed by atoms with E-state index in [2.05, 4.69) is 10.3 Å². The first-order valence-corrected chi connectivity index (χ1v) is 12.2. The van der Waals surface area contributed by atoms with E-state index in [1.165, 1.54) is 37.6 Å². The molecule has 0 saturated carbocycles. The second-order valence-electron chi connectivity index (χ2n) is 7.46. The van der Waals surface area contributed by atoms with Crippen molar-refractivity contribution in [3.63, 3.8) is 0 Å². The van der Waals surface area contributed by atoms with Crippen LogP contribution in [-0.2, 0) is 14.8 Å². The van der Waals surface area contributed by atoms with Crippen LogP contribution in [0.15, 0.2) is 58.8 Å². The number of sulfonamides is 1. The Morgan fingerprint density at radius 3 is 2.21 bits per heavy atom. The monoisotopic (exact) mass is 484 g/mol. The molecule has 3 amide bonds. The van der Waals surface area contributed by atoms with E-state index in [1.54, 1.807) is 41.8 Å². The van der Waals surface area contributed by atoms with Gasteiger partial charge in [0.2, 0.25) is 15.9 Å². The lowest BCUT2D eigenvalue weighted by molar-refractivity contribution is -0.116. The summed E-state index contributed by atoms with van der Waals surface area (Å²) in [6.45, 7) is -0.0295. The Morgan fingerprint density at radius 2 is 1.64 bits per heavy atom. The van der Waals surface area contributed by atoms with Crippen molar-refractivity contribution < 1.29 is 22.8 Å². The van der Waals surface area contributed by atoms with Gasteiger partial charge in [0.25, 0.3) is 11.8 Å². The summed E-state index contributed by atoms with van der Waals surface area (Å²) in [6.07, 6.45) is -0.0581. The van der Waals surface area contributed by atoms with E-state index in [4.69, 9.17) is 0 Å². The molecule has 2 heterocycles. The number of amides is 3. The maximum Gasteiger partial charge on any atom is 0.261 e. The summed E-state index contributed by atoms with van der Waals surface area (Å²) in [4.78, 5) is 42.7. The van der Waals surface area contributed by atoms with Crippen LogP contribution in [0.25, 0.3) is 11.3 Å². The fourth-order valence-corrected chi connectivity index (χ4v) is 4.95. The fraction of sp³-hybridized carbons (Fsp3) is 0.182. The Bertz CT molecular complexity index is 1310. The molecule has 1 aliphatic heterocycles. The lowest BCUT2D eigenvalue weighted by Gasteiger charge is -2.13. The molecule has 170 valence electrons. The predicted molar refractivity (Wildman–Crippen MR) is 123 cm³/mol. The van der Waals surface area contributed by atoms with Gasteiger partial charge in [0.05, 0.1) is 21.7 Å². The van der Waals surface area contributed by atoms with E-state index in [-0.39, 0.29) is 23.8 Å². The second-order valence-corrected chi connectivity index (χ2v) is 10.5. The minimum Gasteiger partial charge on any atom is -0.302 e. The van der Waals surface area contributed by atoms with Crippen molar-refractivity contribution in [3.05, 3.63) is 65.0 Å². The van der Waals surface area contributed by atoms with E-state index < -0.39 is 21.8 Å². The molecule has 0 saturated heterocycles. The van der Waals surface area contributed by atoms with Crippen LogP contribution in [0.5, 0.6) is 0 Å². The summed E-state index contributed by atoms with van der Waals surface area (Å²) in [5.41, 5.74) is 1.98. The van der Waals surface area contributed by atoms with E-state index in [0.29, 0.717) is 27.5 Å². The number of rotatable bonds is 7. The third-order valence-electron chi connectivity index (χ3n) is 5.12. The Balaban J connectivity index is 1.37. The molecule has 11 heteroatoms. The third-order valence-corrected chi connectivity index (χ3v) is 7.71. The smallest absolute Gasteiger partial charge is 0.261 e. The van der Waals surface area contributed by atoms with Gasteiger partial charge < -0.3 is 5.32 Å². The Labute approximate surface area is 194 Å². The SMILES string of the molecule is CN(C)S(=O)(=O)c1ccc(-c2csc(NC(=O)CCN3C(=O)c4ccccc4C3=O)n2)cc1. The van der Waals surface area contributed by atoms with E-state index in [0.717, 1.165) is 9.21 Å². The molecule has 0 spiro atoms. The van der Waals surface area contributed by atoms with Crippen LogP contribution in [0.4, 0.5) is 5.13 Å². The average molecular weight is 485 g/mol. The first kappa shape index (κ1) is 22.8. The molecular formula is C22H20N4O5S2. The molecule has 2 aromatic carbocycles. The highest BCUT2D eigenvalue weighted by Gasteiger charge is 2.35. The number of thiazole rings is 1. The fourth-order valence-electron chi connectivity index (χ4n) is 3.31. The highest BCUT2D eigenvalue weighted by molar-refractivity contribution is 7.89. The molecular weight excluding hydrogens is 464 g/mol. The molecule has 0 radical (unpaired) electrons. The highest BCUT2D eigenvalue weighted by atomic mass is 32.2. The standard InChI is InChI=1S/C22H20N4O5S2/c1-25(2)33(30,31)15-9-7-14(8-10-15)18-13-32-22(23-18)24-19(27)11-12-26-20(28)16-5-3-4-6-17(16)21(26)29/h3-10,13H,11-12H2,1-2H3,(H,23,24,27). The van der Waals surface area contributed by atoms with E-state index in [1.807, 2.05) is 0 Å². The minimum absolute atomic E-state index is 0.0295. The molecule has 4 rings (SSSR count). The topological polar surface area (TPSA) is 117 Å². The zero-order valence-electron chi connectivity index (χ0n) is 17.8. The van der Waals surface area contributed by atoms with Gasteiger partial charge in [-0.2, -0.15) is 0 Å². The highest BCUT2D eigenvalue weighted by Crippen LogP contribution is 2.27. The first-order chi connectivity index (χ1) is 15.7. The van der Waals surface area contributed by atoms with Crippen LogP contribution in [0.2, 0.25) is 0 Å². The van der Waals surface area contributed by atoms with E-state index >= 15 is 0 Å². The first-order valence-electron chi connectivity index (χ1n) is 9.92. The number of hydrogen-bond acceptors (Lipinski definition) is 7. The summed E-state index contributed by atoms with van der Waals surface area (Å²) in [5.74, 6) is -1.18. The number of fused-ring (bicyclic) bond motifs is 1. The summed E-state index contributed by atoms with van der Waals surface area (Å²) < 4.78 is 25.5. The van der Waals surface area contributed by atoms with E-state index in [9.17, 15) is 22.8 Å². The Hall–Kier alpha value is -3.41. The molecule has 0 atom stereocenters. The predicted octanol–water partition coefficient (Wildman–Crippen LogP) is 2.69. The second kappa shape index (κ2) is 8.85. The number of nitrogens with one attached hydrogen (secondary N) is 1. The van der Waals surface area contributed by atoms with Gasteiger partial charge in [-0.25, -0.2) is 17.7 Å². The van der Waals surface area contributed by atoms with Gasteiger partial charge >= 0.3 is 0 Å². The van der Waals surface area contributed by atoms with Crippen molar-refractivity contribution in [3.8, 4) is 11.3 Å². The Morgan fingerprint density at radius 1 is 1.03 bits per heavy atom. The van der Waals surface area contributed by atoms with Crippen LogP contribution in [0.3, 0.4) is 0 Å². The van der Waals surface area contributed by atoms with Crippen molar-refractivity contribution in [2.24, 2.45) is 0 Å². The third kappa shape index (κ3) is 4.42. The molecule has 9 nitrogen and oxygen atoms in total. The molecule has 1 aromatic heterocycles. The molecule has 1 N–H and O–H groups in total. The largest absolute Gasteiger partial charge is 0.302 e. The zero-order chi connectivity index (χ0) is 23.8. The van der Waals surface area contributed by atoms with Crippen molar-refractivity contribution in [1.29, 1.82) is 0 Å². The average Bonchev–Trinajstić information content (AvgIpc) is 3.35. The summed E-state index contributed by atoms with van der Waals surface area (Å²) in [5, 5.41) is 4.78. The quantitative estimate of drug-likeness (QED) is 0.516. The maximum absolute atomic E-state index is 12.4. The molecule has 0 aliphatic carbocycles. The Kier molecular flexibility index (Phi) is 6.11. The van der Waals surface area contributed by atoms with Gasteiger partial charge in [-0.3, -0.25) is 19.3 Å². The molecule has 0 unspecified atom stereocenters. The van der Waals surface area contributed by atoms with Crippen molar-refractivity contribution in [1.82, 2.24) is 14.2 Å². The van der Waals surface area contributed by atoms with Gasteiger partial charge in [-0.05, 0) is 24.3 Å². The summed E-state index contributed by atoms with van der Waals surface area (Å²) in [6, 6.07) is 12.9. The lowest BCUT2D eigenvalue weighted by Crippen LogP contribution is -2.32. The van der Waals surface area contributed by atoms with Crippen LogP contribution >= 0.6 is 11.3 Å². The normalized spacial score (nSPS) is 13.5. The van der Waals surface area contributed by atoms with Gasteiger partial charge in [0.1, 0.15) is 0 Å². The zero-order valence-corrected chi connectivity index (χ0v) is 19.4. The van der Waals surface area contributed by atoms with Gasteiger partial charge in [-0.15, -0.1) is 11.3 Å². The maximum atomic E-state index is 12.4. The van der Waals surface area contributed by atoms with Gasteiger partial charge in [0, 0.05) is 38.0 Å². The van der Waals surface area contributed by atoms with Crippen LogP contribution in [-0.4, -0.2) is 61.0 Å². The van der Waals surface area contributed by atoms with Crippen LogP contribution in [0.1, 0.15) is 27.1 Å². The number of nitrogens with zero attached hydrogens (tertiary/aromatic N) is 3. The number of imide groups is 1. The summed E-state index contributed by atoms with van der Waals surface area (Å²) >= 11 is 1.22. The molecule has 0 bridgehead atoms. The van der Waals surface area contributed by atoms with Gasteiger partial charge in [-0.1, -0.05) is 24.3 Å². The number of aromatic nitrogens is 1. The minimum atomic E-state index is -3.52. The lowest BCUT2D eigenvalue weighted by atomic mass is 10.1. The number of carbonyl (C=O) groups is 3. The number of benzene rings is 2. The van der Waals surface area contributed by atoms with Gasteiger partial charge in [0.15, 0.2) is 5.13 Å². The van der Waals surface area contributed by atoms with Crippen molar-refractivity contribution in [2.75, 3.05) is 26.0 Å². The van der Waals surface area contributed by atoms with Crippen LogP contribution < -0.4 is 5.32 Å². The van der Waals surface area contributed by atoms with Crippen LogP contribution in [0, 0.1) is 0 Å². The summed E-state index contributed by atoms with van der Waals surface area (Å²) in [7, 11) is -0.588.